The summed E-state index contributed by atoms with van der Waals surface area (Å²) >= 11 is 0. The van der Waals surface area contributed by atoms with Crippen molar-refractivity contribution in [3.8, 4) is 5.88 Å². The molecule has 120 valence electrons. The number of rotatable bonds is 6. The summed E-state index contributed by atoms with van der Waals surface area (Å²) in [4.78, 5) is 18.2. The monoisotopic (exact) mass is 327 g/mol. The SMILES string of the molecule is Cl.NCC/C(=C\F)COc1cc2c(cn1)C(=O)N(C1CC1)C2. The van der Waals surface area contributed by atoms with Crippen molar-refractivity contribution >= 4 is 18.3 Å². The van der Waals surface area contributed by atoms with Gasteiger partial charge in [0.15, 0.2) is 0 Å². The van der Waals surface area contributed by atoms with Crippen molar-refractivity contribution in [2.24, 2.45) is 5.73 Å². The third-order valence-electron chi connectivity index (χ3n) is 3.81. The molecule has 1 amide bonds. The van der Waals surface area contributed by atoms with Gasteiger partial charge in [0.2, 0.25) is 5.88 Å². The van der Waals surface area contributed by atoms with Crippen LogP contribution in [-0.2, 0) is 6.54 Å². The molecule has 1 saturated carbocycles. The fourth-order valence-electron chi connectivity index (χ4n) is 2.48. The second-order valence-corrected chi connectivity index (χ2v) is 5.44. The van der Waals surface area contributed by atoms with E-state index in [4.69, 9.17) is 10.5 Å². The number of pyridine rings is 1. The second-order valence-electron chi connectivity index (χ2n) is 5.44. The maximum absolute atomic E-state index is 12.6. The first-order chi connectivity index (χ1) is 10.2. The van der Waals surface area contributed by atoms with E-state index in [9.17, 15) is 9.18 Å². The second kappa shape index (κ2) is 7.07. The van der Waals surface area contributed by atoms with Crippen LogP contribution in [0.15, 0.2) is 24.2 Å². The summed E-state index contributed by atoms with van der Waals surface area (Å²) in [7, 11) is 0. The molecule has 1 aromatic heterocycles. The molecule has 2 aliphatic rings. The van der Waals surface area contributed by atoms with Crippen molar-refractivity contribution in [2.75, 3.05) is 13.2 Å². The fraction of sp³-hybridized carbons (Fsp3) is 0.467. The Bertz CT molecular complexity index is 590. The Balaban J connectivity index is 0.00000176. The van der Waals surface area contributed by atoms with Gasteiger partial charge in [-0.1, -0.05) is 0 Å². The predicted octanol–water partition coefficient (Wildman–Crippen LogP) is 2.20. The number of ether oxygens (including phenoxy) is 1. The van der Waals surface area contributed by atoms with Crippen LogP contribution in [0.1, 0.15) is 35.2 Å². The van der Waals surface area contributed by atoms with E-state index in [0.717, 1.165) is 18.4 Å². The van der Waals surface area contributed by atoms with Crippen LogP contribution in [0.4, 0.5) is 4.39 Å². The van der Waals surface area contributed by atoms with Gasteiger partial charge in [-0.3, -0.25) is 4.79 Å². The first kappa shape index (κ1) is 16.7. The normalized spacial score (nSPS) is 17.3. The van der Waals surface area contributed by atoms with Crippen LogP contribution in [0, 0.1) is 0 Å². The number of carbonyl (C=O) groups is 1. The summed E-state index contributed by atoms with van der Waals surface area (Å²) in [6.07, 6.45) is 4.70. The zero-order chi connectivity index (χ0) is 14.8. The third kappa shape index (κ3) is 3.39. The van der Waals surface area contributed by atoms with Gasteiger partial charge in [0.05, 0.1) is 11.9 Å². The molecule has 1 aromatic rings. The van der Waals surface area contributed by atoms with Gasteiger partial charge >= 0.3 is 0 Å². The van der Waals surface area contributed by atoms with Crippen LogP contribution in [0.25, 0.3) is 0 Å². The molecule has 0 bridgehead atoms. The smallest absolute Gasteiger partial charge is 0.256 e. The van der Waals surface area contributed by atoms with Gasteiger partial charge < -0.3 is 15.4 Å². The van der Waals surface area contributed by atoms with Crippen molar-refractivity contribution in [3.63, 3.8) is 0 Å². The van der Waals surface area contributed by atoms with Crippen LogP contribution < -0.4 is 10.5 Å². The average molecular weight is 328 g/mol. The number of hydrogen-bond donors (Lipinski definition) is 1. The Kier molecular flexibility index (Phi) is 5.37. The minimum Gasteiger partial charge on any atom is -0.473 e. The number of fused-ring (bicyclic) bond motifs is 1. The molecule has 0 saturated heterocycles. The van der Waals surface area contributed by atoms with E-state index in [2.05, 4.69) is 4.98 Å². The summed E-state index contributed by atoms with van der Waals surface area (Å²) < 4.78 is 18.1. The molecular formula is C15H19ClFN3O2. The Labute approximate surface area is 134 Å². The summed E-state index contributed by atoms with van der Waals surface area (Å²) in [6, 6.07) is 2.16. The third-order valence-corrected chi connectivity index (χ3v) is 3.81. The lowest BCUT2D eigenvalue weighted by molar-refractivity contribution is 0.0766. The van der Waals surface area contributed by atoms with E-state index >= 15 is 0 Å². The average Bonchev–Trinajstić information content (AvgIpc) is 3.28. The molecule has 0 spiro atoms. The van der Waals surface area contributed by atoms with E-state index in [1.807, 2.05) is 4.90 Å². The molecule has 22 heavy (non-hydrogen) atoms. The highest BCUT2D eigenvalue weighted by molar-refractivity contribution is 5.98. The quantitative estimate of drug-likeness (QED) is 0.869. The van der Waals surface area contributed by atoms with E-state index in [1.165, 1.54) is 0 Å². The van der Waals surface area contributed by atoms with E-state index in [1.54, 1.807) is 12.3 Å². The molecule has 1 aliphatic heterocycles. The van der Waals surface area contributed by atoms with Crippen LogP contribution >= 0.6 is 12.4 Å². The number of amides is 1. The van der Waals surface area contributed by atoms with Crippen molar-refractivity contribution < 1.29 is 13.9 Å². The fourth-order valence-corrected chi connectivity index (χ4v) is 2.48. The Morgan fingerprint density at radius 2 is 2.32 bits per heavy atom. The number of nitrogens with two attached hydrogens (primary N) is 1. The zero-order valence-corrected chi connectivity index (χ0v) is 12.9. The number of carbonyl (C=O) groups excluding carboxylic acids is 1. The molecule has 2 heterocycles. The van der Waals surface area contributed by atoms with Crippen LogP contribution in [0.2, 0.25) is 0 Å². The Morgan fingerprint density at radius 1 is 1.55 bits per heavy atom. The lowest BCUT2D eigenvalue weighted by atomic mass is 10.2. The minimum absolute atomic E-state index is 0. The van der Waals surface area contributed by atoms with Crippen molar-refractivity contribution in [1.82, 2.24) is 9.88 Å². The maximum atomic E-state index is 12.6. The minimum atomic E-state index is 0. The topological polar surface area (TPSA) is 68.5 Å². The highest BCUT2D eigenvalue weighted by Gasteiger charge is 2.38. The van der Waals surface area contributed by atoms with Gasteiger partial charge in [0.25, 0.3) is 5.91 Å². The van der Waals surface area contributed by atoms with Gasteiger partial charge in [-0.2, -0.15) is 0 Å². The molecule has 5 nitrogen and oxygen atoms in total. The van der Waals surface area contributed by atoms with E-state index in [-0.39, 0.29) is 24.9 Å². The van der Waals surface area contributed by atoms with Crippen molar-refractivity contribution in [2.45, 2.75) is 31.8 Å². The maximum Gasteiger partial charge on any atom is 0.256 e. The molecule has 2 N–H and O–H groups in total. The van der Waals surface area contributed by atoms with Gasteiger partial charge in [0.1, 0.15) is 6.61 Å². The van der Waals surface area contributed by atoms with E-state index in [0.29, 0.717) is 48.9 Å². The highest BCUT2D eigenvalue weighted by atomic mass is 35.5. The first-order valence-corrected chi connectivity index (χ1v) is 7.14. The molecule has 1 fully saturated rings. The van der Waals surface area contributed by atoms with Gasteiger partial charge in [-0.25, -0.2) is 9.37 Å². The summed E-state index contributed by atoms with van der Waals surface area (Å²) in [6.45, 7) is 1.12. The number of aromatic nitrogens is 1. The predicted molar refractivity (Wildman–Crippen MR) is 82.7 cm³/mol. The summed E-state index contributed by atoms with van der Waals surface area (Å²) in [5.41, 5.74) is 7.47. The lowest BCUT2D eigenvalue weighted by Crippen LogP contribution is -2.25. The van der Waals surface area contributed by atoms with Crippen molar-refractivity contribution in [1.29, 1.82) is 0 Å². The summed E-state index contributed by atoms with van der Waals surface area (Å²) in [5.74, 6) is 0.467. The standard InChI is InChI=1S/C15H18FN3O2.ClH/c16-6-10(3-4-17)9-21-14-5-11-8-19(12-1-2-12)15(20)13(11)7-18-14;/h5-7,12H,1-4,8-9,17H2;1H/b10-6+;. The molecule has 7 heteroatoms. The highest BCUT2D eigenvalue weighted by Crippen LogP contribution is 2.35. The first-order valence-electron chi connectivity index (χ1n) is 7.14. The molecule has 1 aliphatic carbocycles. The van der Waals surface area contributed by atoms with Gasteiger partial charge in [-0.15, -0.1) is 12.4 Å². The van der Waals surface area contributed by atoms with Crippen LogP contribution in [-0.4, -0.2) is 35.0 Å². The molecule has 0 radical (unpaired) electrons. The molecule has 0 aromatic carbocycles. The number of halogens is 2. The molecular weight excluding hydrogens is 309 g/mol. The van der Waals surface area contributed by atoms with Crippen molar-refractivity contribution in [3.05, 3.63) is 35.3 Å². The van der Waals surface area contributed by atoms with Gasteiger partial charge in [0, 0.05) is 24.8 Å². The zero-order valence-electron chi connectivity index (χ0n) is 12.1. The lowest BCUT2D eigenvalue weighted by Gasteiger charge is -2.13. The molecule has 3 rings (SSSR count). The van der Waals surface area contributed by atoms with Crippen LogP contribution in [0.3, 0.4) is 0 Å². The Hall–Kier alpha value is -1.66. The van der Waals surface area contributed by atoms with Crippen LogP contribution in [0.5, 0.6) is 5.88 Å². The number of hydrogen-bond acceptors (Lipinski definition) is 4. The van der Waals surface area contributed by atoms with E-state index < -0.39 is 0 Å². The molecule has 0 atom stereocenters. The van der Waals surface area contributed by atoms with Gasteiger partial charge in [-0.05, 0) is 36.9 Å². The Morgan fingerprint density at radius 3 is 2.95 bits per heavy atom. The number of nitrogens with zero attached hydrogens (tertiary/aromatic N) is 2. The summed E-state index contributed by atoms with van der Waals surface area (Å²) in [5, 5.41) is 0. The largest absolute Gasteiger partial charge is 0.473 e. The molecule has 0 unspecified atom stereocenters.